The summed E-state index contributed by atoms with van der Waals surface area (Å²) in [7, 11) is -1.20. The second-order valence-electron chi connectivity index (χ2n) is 9.06. The first-order chi connectivity index (χ1) is 16.6. The van der Waals surface area contributed by atoms with Crippen molar-refractivity contribution in [3.63, 3.8) is 0 Å². The minimum Gasteiger partial charge on any atom is -0.353 e. The Morgan fingerprint density at radius 2 is 1.36 bits per heavy atom. The molecule has 2 aromatic carbocycles. The third-order valence-electron chi connectivity index (χ3n) is 6.52. The zero-order chi connectivity index (χ0) is 27.0. The monoisotopic (exact) mass is 541 g/mol. The smallest absolute Gasteiger partial charge is 0.353 e. The first kappa shape index (κ1) is 28.4. The maximum Gasteiger partial charge on any atom is 0.430 e. The molecule has 0 amide bonds. The van der Waals surface area contributed by atoms with Crippen molar-refractivity contribution in [1.82, 2.24) is 4.90 Å². The minimum absolute atomic E-state index is 0.0691. The highest BCUT2D eigenvalue weighted by atomic mass is 32.2. The van der Waals surface area contributed by atoms with Crippen molar-refractivity contribution < 1.29 is 43.9 Å². The van der Waals surface area contributed by atoms with E-state index in [0.29, 0.717) is 25.0 Å². The number of halogens is 7. The van der Waals surface area contributed by atoms with Crippen LogP contribution in [0.25, 0.3) is 0 Å². The molecule has 3 rings (SSSR count). The second kappa shape index (κ2) is 9.94. The summed E-state index contributed by atoms with van der Waals surface area (Å²) in [5.74, 6) is -0.649. The quantitative estimate of drug-likeness (QED) is 0.305. The van der Waals surface area contributed by atoms with E-state index in [1.165, 1.54) is 19.0 Å². The van der Waals surface area contributed by atoms with E-state index in [-0.39, 0.29) is 29.8 Å². The lowest BCUT2D eigenvalue weighted by Crippen LogP contribution is -2.56. The number of likely N-dealkylation sites (N-methyl/N-ethyl adjacent to an activating group) is 1. The van der Waals surface area contributed by atoms with E-state index in [9.17, 15) is 39.2 Å². The first-order valence-corrected chi connectivity index (χ1v) is 12.6. The average molecular weight is 542 g/mol. The van der Waals surface area contributed by atoms with Crippen molar-refractivity contribution in [1.29, 1.82) is 0 Å². The SMILES string of the molecule is CN(C)CCOC(c1ccc(C2(S(=O)(=O)c3ccc(F)cc3)CCCC2)cc1)(C(F)(F)F)C(F)(F)F. The summed E-state index contributed by atoms with van der Waals surface area (Å²) in [5.41, 5.74) is -5.72. The summed E-state index contributed by atoms with van der Waals surface area (Å²) >= 11 is 0. The molecule has 0 aromatic heterocycles. The third-order valence-corrected chi connectivity index (χ3v) is 9.09. The molecule has 0 heterocycles. The highest BCUT2D eigenvalue weighted by Gasteiger charge is 2.73. The highest BCUT2D eigenvalue weighted by Crippen LogP contribution is 2.54. The average Bonchev–Trinajstić information content (AvgIpc) is 3.27. The highest BCUT2D eigenvalue weighted by molar-refractivity contribution is 7.92. The van der Waals surface area contributed by atoms with Crippen LogP contribution in [0.15, 0.2) is 53.4 Å². The molecule has 1 aliphatic carbocycles. The van der Waals surface area contributed by atoms with Gasteiger partial charge in [-0.15, -0.1) is 0 Å². The van der Waals surface area contributed by atoms with E-state index in [1.807, 2.05) is 0 Å². The summed E-state index contributed by atoms with van der Waals surface area (Å²) < 4.78 is 128. The van der Waals surface area contributed by atoms with Gasteiger partial charge in [0.05, 0.1) is 11.5 Å². The molecule has 200 valence electrons. The molecule has 0 aliphatic heterocycles. The van der Waals surface area contributed by atoms with Gasteiger partial charge >= 0.3 is 12.4 Å². The molecule has 0 unspecified atom stereocenters. The molecule has 36 heavy (non-hydrogen) atoms. The Labute approximate surface area is 205 Å². The lowest BCUT2D eigenvalue weighted by Gasteiger charge is -2.38. The topological polar surface area (TPSA) is 46.6 Å². The number of ether oxygens (including phenoxy) is 1. The van der Waals surface area contributed by atoms with E-state index < -0.39 is 50.5 Å². The molecule has 1 aliphatic rings. The molecule has 0 atom stereocenters. The molecule has 2 aromatic rings. The second-order valence-corrected chi connectivity index (χ2v) is 11.3. The Hall–Kier alpha value is -2.18. The number of alkyl halides is 6. The van der Waals surface area contributed by atoms with Gasteiger partial charge in [-0.25, -0.2) is 12.8 Å². The third kappa shape index (κ3) is 4.87. The summed E-state index contributed by atoms with van der Waals surface area (Å²) in [6.07, 6.45) is -10.5. The van der Waals surface area contributed by atoms with Gasteiger partial charge in [-0.1, -0.05) is 37.1 Å². The predicted octanol–water partition coefficient (Wildman–Crippen LogP) is 5.97. The molecule has 12 heteroatoms. The lowest BCUT2D eigenvalue weighted by molar-refractivity contribution is -0.389. The van der Waals surface area contributed by atoms with Crippen LogP contribution in [0.2, 0.25) is 0 Å². The predicted molar refractivity (Wildman–Crippen MR) is 118 cm³/mol. The van der Waals surface area contributed by atoms with Crippen LogP contribution in [0.4, 0.5) is 30.7 Å². The van der Waals surface area contributed by atoms with Gasteiger partial charge < -0.3 is 9.64 Å². The summed E-state index contributed by atoms with van der Waals surface area (Å²) in [5, 5.41) is 0. The summed E-state index contributed by atoms with van der Waals surface area (Å²) in [6, 6.07) is 7.38. The molecule has 0 spiro atoms. The number of benzene rings is 2. The molecule has 4 nitrogen and oxygen atoms in total. The van der Waals surface area contributed by atoms with Crippen molar-refractivity contribution in [2.45, 2.75) is 53.3 Å². The van der Waals surface area contributed by atoms with Gasteiger partial charge in [0, 0.05) is 12.1 Å². The van der Waals surface area contributed by atoms with Crippen molar-refractivity contribution >= 4 is 9.84 Å². The van der Waals surface area contributed by atoms with Crippen LogP contribution in [0.1, 0.15) is 36.8 Å². The van der Waals surface area contributed by atoms with E-state index in [0.717, 1.165) is 36.4 Å². The summed E-state index contributed by atoms with van der Waals surface area (Å²) in [4.78, 5) is 1.20. The Morgan fingerprint density at radius 1 is 0.861 bits per heavy atom. The standard InChI is InChI=1S/C24H26F7NO3S/c1-32(2)15-16-35-22(23(26,27)28,24(29,30)31)18-7-5-17(6-8-18)21(13-3-4-14-21)36(33,34)20-11-9-19(25)10-12-20/h5-12H,3-4,13-16H2,1-2H3. The van der Waals surface area contributed by atoms with Gasteiger partial charge in [-0.3, -0.25) is 0 Å². The lowest BCUT2D eigenvalue weighted by atomic mass is 9.88. The Kier molecular flexibility index (Phi) is 7.84. The molecule has 1 saturated carbocycles. The number of sulfone groups is 1. The maximum atomic E-state index is 14.0. The fourth-order valence-electron chi connectivity index (χ4n) is 4.62. The fraction of sp³-hybridized carbons (Fsp3) is 0.500. The maximum absolute atomic E-state index is 14.0. The molecule has 1 fully saturated rings. The van der Waals surface area contributed by atoms with Crippen LogP contribution in [-0.4, -0.2) is 52.9 Å². The fourth-order valence-corrected chi connectivity index (χ4v) is 6.84. The minimum atomic E-state index is -5.84. The Bertz CT molecular complexity index is 1120. The van der Waals surface area contributed by atoms with Gasteiger partial charge in [-0.2, -0.15) is 26.3 Å². The van der Waals surface area contributed by atoms with Gasteiger partial charge in [0.2, 0.25) is 0 Å². The zero-order valence-corrected chi connectivity index (χ0v) is 20.4. The number of rotatable bonds is 8. The molecule has 0 radical (unpaired) electrons. The van der Waals surface area contributed by atoms with Crippen molar-refractivity contribution in [3.05, 3.63) is 65.5 Å². The molecular weight excluding hydrogens is 515 g/mol. The number of hydrogen-bond acceptors (Lipinski definition) is 4. The first-order valence-electron chi connectivity index (χ1n) is 11.1. The van der Waals surface area contributed by atoms with Crippen LogP contribution in [0.5, 0.6) is 0 Å². The van der Waals surface area contributed by atoms with Crippen LogP contribution in [0.3, 0.4) is 0 Å². The van der Waals surface area contributed by atoms with Crippen LogP contribution >= 0.6 is 0 Å². The van der Waals surface area contributed by atoms with Crippen molar-refractivity contribution in [2.75, 3.05) is 27.2 Å². The van der Waals surface area contributed by atoms with Gasteiger partial charge in [-0.05, 0) is 56.8 Å². The van der Waals surface area contributed by atoms with E-state index in [2.05, 4.69) is 4.74 Å². The van der Waals surface area contributed by atoms with Crippen LogP contribution < -0.4 is 0 Å². The molecule has 0 bridgehead atoms. The van der Waals surface area contributed by atoms with Crippen molar-refractivity contribution in [2.24, 2.45) is 0 Å². The van der Waals surface area contributed by atoms with Gasteiger partial charge in [0.1, 0.15) is 10.6 Å². The van der Waals surface area contributed by atoms with Gasteiger partial charge in [0.15, 0.2) is 9.84 Å². The van der Waals surface area contributed by atoms with Crippen molar-refractivity contribution in [3.8, 4) is 0 Å². The molecular formula is C24H26F7NO3S. The molecule has 0 N–H and O–H groups in total. The van der Waals surface area contributed by atoms with E-state index >= 15 is 0 Å². The Morgan fingerprint density at radius 3 is 1.81 bits per heavy atom. The zero-order valence-electron chi connectivity index (χ0n) is 19.6. The van der Waals surface area contributed by atoms with E-state index in [4.69, 9.17) is 0 Å². The van der Waals surface area contributed by atoms with Crippen LogP contribution in [-0.2, 0) is 24.9 Å². The largest absolute Gasteiger partial charge is 0.430 e. The normalized spacial score (nSPS) is 17.1. The Balaban J connectivity index is 2.11. The number of hydrogen-bond donors (Lipinski definition) is 0. The molecule has 0 saturated heterocycles. The number of nitrogens with zero attached hydrogens (tertiary/aromatic N) is 1. The van der Waals surface area contributed by atoms with Crippen LogP contribution in [0, 0.1) is 5.82 Å². The van der Waals surface area contributed by atoms with E-state index in [1.54, 1.807) is 0 Å². The van der Waals surface area contributed by atoms with Gasteiger partial charge in [0.25, 0.3) is 5.60 Å². The summed E-state index contributed by atoms with van der Waals surface area (Å²) in [6.45, 7) is -1.04.